The predicted octanol–water partition coefficient (Wildman–Crippen LogP) is 1.49. The van der Waals surface area contributed by atoms with Gasteiger partial charge in [-0.2, -0.15) is 0 Å². The van der Waals surface area contributed by atoms with Crippen LogP contribution in [0.3, 0.4) is 0 Å². The van der Waals surface area contributed by atoms with Crippen LogP contribution < -0.4 is 4.74 Å². The highest BCUT2D eigenvalue weighted by atomic mass is 16.5. The average molecular weight is 292 g/mol. The van der Waals surface area contributed by atoms with Gasteiger partial charge in [-0.1, -0.05) is 0 Å². The van der Waals surface area contributed by atoms with Gasteiger partial charge in [-0.15, -0.1) is 0 Å². The fourth-order valence-electron chi connectivity index (χ4n) is 2.33. The Labute approximate surface area is 126 Å². The molecule has 5 nitrogen and oxygen atoms in total. The molecular formula is C16H24N2O3. The molecule has 21 heavy (non-hydrogen) atoms. The Morgan fingerprint density at radius 2 is 1.81 bits per heavy atom. The number of hydrogen-bond donors (Lipinski definition) is 0. The van der Waals surface area contributed by atoms with E-state index < -0.39 is 0 Å². The number of piperazine rings is 1. The molecule has 2 rings (SSSR count). The van der Waals surface area contributed by atoms with Crippen molar-refractivity contribution in [2.24, 2.45) is 0 Å². The highest BCUT2D eigenvalue weighted by molar-refractivity contribution is 5.89. The fourth-order valence-corrected chi connectivity index (χ4v) is 2.33. The van der Waals surface area contributed by atoms with Crippen LogP contribution in [0.4, 0.5) is 0 Å². The Hall–Kier alpha value is -1.59. The van der Waals surface area contributed by atoms with Crippen molar-refractivity contribution in [1.29, 1.82) is 0 Å². The first kappa shape index (κ1) is 15.8. The lowest BCUT2D eigenvalue weighted by molar-refractivity contribution is 0.0479. The number of rotatable bonds is 6. The molecule has 0 bridgehead atoms. The van der Waals surface area contributed by atoms with Crippen molar-refractivity contribution in [2.45, 2.75) is 6.42 Å². The van der Waals surface area contributed by atoms with Gasteiger partial charge in [0.15, 0.2) is 0 Å². The van der Waals surface area contributed by atoms with Crippen molar-refractivity contribution in [3.8, 4) is 5.75 Å². The monoisotopic (exact) mass is 292 g/mol. The lowest BCUT2D eigenvalue weighted by atomic mass is 10.2. The Balaban J connectivity index is 1.64. The van der Waals surface area contributed by atoms with Gasteiger partial charge in [-0.3, -0.25) is 0 Å². The molecule has 1 aromatic carbocycles. The van der Waals surface area contributed by atoms with Gasteiger partial charge < -0.3 is 19.3 Å². The fraction of sp³-hybridized carbons (Fsp3) is 0.562. The summed E-state index contributed by atoms with van der Waals surface area (Å²) in [6.07, 6.45) is 0.881. The van der Waals surface area contributed by atoms with Crippen molar-refractivity contribution < 1.29 is 14.3 Å². The first-order chi connectivity index (χ1) is 10.2. The molecule has 1 fully saturated rings. The van der Waals surface area contributed by atoms with Gasteiger partial charge in [0.2, 0.25) is 0 Å². The molecule has 1 aliphatic heterocycles. The van der Waals surface area contributed by atoms with Crippen molar-refractivity contribution >= 4 is 5.97 Å². The predicted molar refractivity (Wildman–Crippen MR) is 81.8 cm³/mol. The molecule has 0 saturated carbocycles. The highest BCUT2D eigenvalue weighted by Crippen LogP contribution is 2.12. The number of nitrogens with zero attached hydrogens (tertiary/aromatic N) is 2. The number of esters is 1. The van der Waals surface area contributed by atoms with Gasteiger partial charge in [0.25, 0.3) is 0 Å². The zero-order chi connectivity index (χ0) is 15.1. The molecule has 0 N–H and O–H groups in total. The van der Waals surface area contributed by atoms with Gasteiger partial charge in [0.05, 0.1) is 19.3 Å². The molecule has 0 amide bonds. The van der Waals surface area contributed by atoms with Crippen molar-refractivity contribution in [2.75, 3.05) is 53.5 Å². The van der Waals surface area contributed by atoms with Crippen LogP contribution in [0.1, 0.15) is 16.8 Å². The Morgan fingerprint density at radius 3 is 2.43 bits per heavy atom. The summed E-state index contributed by atoms with van der Waals surface area (Å²) in [6.45, 7) is 5.89. The normalized spacial score (nSPS) is 16.7. The van der Waals surface area contributed by atoms with Gasteiger partial charge in [0, 0.05) is 32.7 Å². The number of methoxy groups -OCH3 is 1. The molecule has 5 heteroatoms. The van der Waals surface area contributed by atoms with Crippen LogP contribution in [-0.4, -0.2) is 69.3 Å². The zero-order valence-electron chi connectivity index (χ0n) is 12.9. The van der Waals surface area contributed by atoms with E-state index in [9.17, 15) is 4.79 Å². The molecule has 0 radical (unpaired) electrons. The standard InChI is InChI=1S/C16H24N2O3/c1-17-9-11-18(12-10-17)8-3-13-21-16(19)14-4-6-15(20-2)7-5-14/h4-7H,3,8-13H2,1-2H3. The van der Waals surface area contributed by atoms with Crippen LogP contribution >= 0.6 is 0 Å². The van der Waals surface area contributed by atoms with E-state index in [2.05, 4.69) is 16.8 Å². The molecule has 0 atom stereocenters. The SMILES string of the molecule is COc1ccc(C(=O)OCCCN2CCN(C)CC2)cc1. The molecule has 116 valence electrons. The Kier molecular flexibility index (Phi) is 6.02. The Bertz CT molecular complexity index is 439. The minimum atomic E-state index is -0.268. The van der Waals surface area contributed by atoms with E-state index >= 15 is 0 Å². The zero-order valence-corrected chi connectivity index (χ0v) is 12.9. The number of carbonyl (C=O) groups is 1. The summed E-state index contributed by atoms with van der Waals surface area (Å²) in [6, 6.07) is 6.98. The van der Waals surface area contributed by atoms with Gasteiger partial charge >= 0.3 is 5.97 Å². The minimum Gasteiger partial charge on any atom is -0.497 e. The smallest absolute Gasteiger partial charge is 0.338 e. The molecular weight excluding hydrogens is 268 g/mol. The van der Waals surface area contributed by atoms with Crippen LogP contribution in [0.15, 0.2) is 24.3 Å². The topological polar surface area (TPSA) is 42.0 Å². The summed E-state index contributed by atoms with van der Waals surface area (Å²) in [5.41, 5.74) is 0.565. The summed E-state index contributed by atoms with van der Waals surface area (Å²) >= 11 is 0. The molecule has 0 aromatic heterocycles. The third-order valence-corrected chi connectivity index (χ3v) is 3.77. The second-order valence-corrected chi connectivity index (χ2v) is 5.36. The van der Waals surface area contributed by atoms with Crippen molar-refractivity contribution in [3.05, 3.63) is 29.8 Å². The van der Waals surface area contributed by atoms with E-state index in [1.165, 1.54) is 0 Å². The molecule has 1 saturated heterocycles. The molecule has 1 aliphatic rings. The maximum absolute atomic E-state index is 11.9. The molecule has 0 aliphatic carbocycles. The van der Waals surface area contributed by atoms with Crippen LogP contribution in [0.25, 0.3) is 0 Å². The van der Waals surface area contributed by atoms with E-state index in [-0.39, 0.29) is 5.97 Å². The van der Waals surface area contributed by atoms with Crippen LogP contribution in [0.5, 0.6) is 5.75 Å². The second-order valence-electron chi connectivity index (χ2n) is 5.36. The van der Waals surface area contributed by atoms with Crippen LogP contribution in [0.2, 0.25) is 0 Å². The summed E-state index contributed by atoms with van der Waals surface area (Å²) in [4.78, 5) is 16.6. The highest BCUT2D eigenvalue weighted by Gasteiger charge is 2.13. The molecule has 0 unspecified atom stereocenters. The van der Waals surface area contributed by atoms with Gasteiger partial charge in [0.1, 0.15) is 5.75 Å². The summed E-state index contributed by atoms with van der Waals surface area (Å²) < 4.78 is 10.4. The first-order valence-corrected chi connectivity index (χ1v) is 7.41. The number of likely N-dealkylation sites (N-methyl/N-ethyl adjacent to an activating group) is 1. The van der Waals surface area contributed by atoms with Crippen LogP contribution in [-0.2, 0) is 4.74 Å². The number of ether oxygens (including phenoxy) is 2. The van der Waals surface area contributed by atoms with Crippen LogP contribution in [0, 0.1) is 0 Å². The maximum Gasteiger partial charge on any atom is 0.338 e. The van der Waals surface area contributed by atoms with E-state index in [4.69, 9.17) is 9.47 Å². The Morgan fingerprint density at radius 1 is 1.14 bits per heavy atom. The number of hydrogen-bond acceptors (Lipinski definition) is 5. The second kappa shape index (κ2) is 8.00. The van der Waals surface area contributed by atoms with E-state index in [1.807, 2.05) is 0 Å². The summed E-state index contributed by atoms with van der Waals surface area (Å²) in [5.74, 6) is 0.470. The molecule has 1 heterocycles. The average Bonchev–Trinajstić information content (AvgIpc) is 2.53. The lowest BCUT2D eigenvalue weighted by Crippen LogP contribution is -2.44. The molecule has 1 aromatic rings. The number of carbonyl (C=O) groups excluding carboxylic acids is 1. The van der Waals surface area contributed by atoms with E-state index in [0.717, 1.165) is 44.9 Å². The summed E-state index contributed by atoms with van der Waals surface area (Å²) in [5, 5.41) is 0. The minimum absolute atomic E-state index is 0.268. The number of benzene rings is 1. The lowest BCUT2D eigenvalue weighted by Gasteiger charge is -2.32. The third-order valence-electron chi connectivity index (χ3n) is 3.77. The molecule has 0 spiro atoms. The first-order valence-electron chi connectivity index (χ1n) is 7.41. The van der Waals surface area contributed by atoms with Crippen molar-refractivity contribution in [3.63, 3.8) is 0 Å². The third kappa shape index (κ3) is 5.02. The summed E-state index contributed by atoms with van der Waals surface area (Å²) in [7, 11) is 3.75. The quantitative estimate of drug-likeness (QED) is 0.587. The maximum atomic E-state index is 11.9. The largest absolute Gasteiger partial charge is 0.497 e. The van der Waals surface area contributed by atoms with Gasteiger partial charge in [-0.05, 0) is 37.7 Å². The van der Waals surface area contributed by atoms with E-state index in [1.54, 1.807) is 31.4 Å². The van der Waals surface area contributed by atoms with Gasteiger partial charge in [-0.25, -0.2) is 4.79 Å². The van der Waals surface area contributed by atoms with E-state index in [0.29, 0.717) is 12.2 Å². The van der Waals surface area contributed by atoms with Crippen molar-refractivity contribution in [1.82, 2.24) is 9.80 Å².